The van der Waals surface area contributed by atoms with Gasteiger partial charge in [-0.1, -0.05) is 50.6 Å². The minimum atomic E-state index is -0.0685. The SMILES string of the molecule is CC(=O)N1CCC(CC(=O)N2CCN(C(c3ccc(Cl)cc3)c3ccccn3)C[C@@H]2C(C)(C)C)CC1.S=S=S=S=S=S=S=S=S=S=S=S=S=S=S=S=S=S. The highest BCUT2D eigenvalue weighted by atomic mass is 35.5. The molecule has 1 aromatic carbocycles. The minimum Gasteiger partial charge on any atom is -0.343 e. The second-order valence-corrected chi connectivity index (χ2v) is 41.2. The van der Waals surface area contributed by atoms with Crippen LogP contribution in [0.3, 0.4) is 0 Å². The molecule has 0 N–H and O–H groups in total. The fourth-order valence-corrected chi connectivity index (χ4v) is 44.4. The Morgan fingerprint density at radius 3 is 1.74 bits per heavy atom. The lowest BCUT2D eigenvalue weighted by Crippen LogP contribution is -2.60. The lowest BCUT2D eigenvalue weighted by Gasteiger charge is -2.49. The number of carbonyl (C=O) groups excluding carboxylic acids is 2. The van der Waals surface area contributed by atoms with E-state index in [1.807, 2.05) is 35.4 Å². The molecule has 0 saturated carbocycles. The summed E-state index contributed by atoms with van der Waals surface area (Å²) in [7, 11) is 27.2. The maximum atomic E-state index is 13.6. The van der Waals surface area contributed by atoms with E-state index in [0.29, 0.717) is 18.9 Å². The highest BCUT2D eigenvalue weighted by Gasteiger charge is 2.41. The molecule has 6 nitrogen and oxygen atoms in total. The van der Waals surface area contributed by atoms with E-state index in [-0.39, 0.29) is 29.3 Å². The predicted octanol–water partition coefficient (Wildman–Crippen LogP) is 4.99. The Bertz CT molecular complexity index is 2230. The summed E-state index contributed by atoms with van der Waals surface area (Å²) in [5.74, 6) is 0.727. The normalized spacial score (nSPS) is 16.4. The Hall–Kier alpha value is 1.52. The van der Waals surface area contributed by atoms with E-state index in [2.05, 4.69) is 48.8 Å². The van der Waals surface area contributed by atoms with Crippen molar-refractivity contribution in [3.8, 4) is 0 Å². The van der Waals surface area contributed by atoms with E-state index in [1.165, 1.54) is 17.8 Å². The number of carbonyl (C=O) groups is 2. The number of pyridine rings is 1. The van der Waals surface area contributed by atoms with Gasteiger partial charge in [-0.15, -0.1) is 0 Å². The Morgan fingerprint density at radius 1 is 0.778 bits per heavy atom. The molecule has 302 valence electrons. The number of piperidine rings is 1. The number of aromatic nitrogens is 1. The first kappa shape index (κ1) is 49.9. The van der Waals surface area contributed by atoms with Crippen LogP contribution in [0.1, 0.15) is 64.3 Å². The van der Waals surface area contributed by atoms with Gasteiger partial charge in [-0.2, -0.15) is 0 Å². The molecule has 2 atom stereocenters. The number of piperazine rings is 1. The summed E-state index contributed by atoms with van der Waals surface area (Å²) in [6.45, 7) is 12.1. The number of hydrogen-bond donors (Lipinski definition) is 0. The second-order valence-electron chi connectivity index (χ2n) is 12.4. The van der Waals surface area contributed by atoms with Crippen LogP contribution in [0.4, 0.5) is 0 Å². The van der Waals surface area contributed by atoms with Crippen LogP contribution in [-0.4, -0.2) is 70.3 Å². The van der Waals surface area contributed by atoms with Crippen LogP contribution >= 0.6 is 11.6 Å². The Balaban J connectivity index is 0.000000369. The van der Waals surface area contributed by atoms with Crippen molar-refractivity contribution in [1.82, 2.24) is 19.7 Å². The number of amides is 2. The molecule has 2 amide bonds. The fraction of sp³-hybridized carbons (Fsp3) is 0.552. The van der Waals surface area contributed by atoms with E-state index in [4.69, 9.17) is 39.0 Å². The Morgan fingerprint density at radius 2 is 1.30 bits per heavy atom. The maximum Gasteiger partial charge on any atom is 0.223 e. The second kappa shape index (κ2) is 28.9. The summed E-state index contributed by atoms with van der Waals surface area (Å²) in [5.41, 5.74) is 2.09. The van der Waals surface area contributed by atoms with Crippen molar-refractivity contribution < 1.29 is 9.59 Å². The Kier molecular flexibility index (Phi) is 26.7. The first-order valence-corrected chi connectivity index (χ1v) is 39.0. The lowest BCUT2D eigenvalue weighted by atomic mass is 9.82. The van der Waals surface area contributed by atoms with Crippen molar-refractivity contribution in [3.63, 3.8) is 0 Å². The van der Waals surface area contributed by atoms with Gasteiger partial charge in [0.1, 0.15) is 0 Å². The first-order chi connectivity index (χ1) is 26.0. The smallest absolute Gasteiger partial charge is 0.223 e. The molecule has 3 heterocycles. The van der Waals surface area contributed by atoms with Crippen LogP contribution in [0.25, 0.3) is 0 Å². The molecular formula is C29H39ClN4O2S18. The third kappa shape index (κ3) is 19.3. The molecule has 0 bridgehead atoms. The van der Waals surface area contributed by atoms with Gasteiger partial charge in [0.2, 0.25) is 11.8 Å². The zero-order chi connectivity index (χ0) is 39.2. The first-order valence-electron chi connectivity index (χ1n) is 15.9. The molecule has 1 aromatic heterocycles. The van der Waals surface area contributed by atoms with E-state index in [1.54, 1.807) is 131 Å². The van der Waals surface area contributed by atoms with Crippen molar-refractivity contribution >= 4 is 188 Å². The third-order valence-corrected chi connectivity index (χ3v) is 41.8. The molecule has 1 unspecified atom stereocenters. The van der Waals surface area contributed by atoms with Crippen LogP contribution in [0.15, 0.2) is 48.7 Å². The standard InChI is InChI=1S/C29H39ClN4O2.S18/c1-21(35)32-15-12-22(13-16-32)19-27(36)34-18-17-33(20-26(34)29(2,3)4)28(25-7-5-6-14-31-25)23-8-10-24(30)11-9-23;1-3-5-7-9-11-13-15-17-18-16-14-12-10-8-6-4-2/h5-11,14,22,26,28H,12-13,15-20H2,1-4H3;/t26-,28?;/m1./s1. The number of hydrogen-bond acceptors (Lipinski definition) is 6. The molecule has 0 radical (unpaired) electrons. The number of likely N-dealkylation sites (tertiary alicyclic amines) is 1. The maximum absolute atomic E-state index is 13.6. The van der Waals surface area contributed by atoms with Crippen LogP contribution in [0, 0.1) is 11.3 Å². The van der Waals surface area contributed by atoms with Crippen molar-refractivity contribution in [2.75, 3.05) is 32.7 Å². The van der Waals surface area contributed by atoms with Gasteiger partial charge in [0, 0.05) is 228 Å². The molecule has 2 fully saturated rings. The number of benzene rings is 1. The zero-order valence-electron chi connectivity index (χ0n) is 29.3. The van der Waals surface area contributed by atoms with Crippen LogP contribution in [-0.2, 0) is 174 Å². The average molecular weight is 1090 g/mol. The van der Waals surface area contributed by atoms with Crippen molar-refractivity contribution in [2.24, 2.45) is 11.3 Å². The van der Waals surface area contributed by atoms with Crippen molar-refractivity contribution in [2.45, 2.75) is 59.0 Å². The topological polar surface area (TPSA) is 56.8 Å². The lowest BCUT2D eigenvalue weighted by molar-refractivity contribution is -0.141. The van der Waals surface area contributed by atoms with Crippen molar-refractivity contribution in [3.05, 3.63) is 64.9 Å². The van der Waals surface area contributed by atoms with Gasteiger partial charge >= 0.3 is 0 Å². The number of nitrogens with zero attached hydrogens (tertiary/aromatic N) is 4. The molecule has 25 heteroatoms. The van der Waals surface area contributed by atoms with Gasteiger partial charge in [-0.25, -0.2) is 0 Å². The fourth-order valence-electron chi connectivity index (χ4n) is 5.80. The van der Waals surface area contributed by atoms with E-state index >= 15 is 0 Å². The average Bonchev–Trinajstić information content (AvgIpc) is 3.16. The third-order valence-electron chi connectivity index (χ3n) is 8.19. The van der Waals surface area contributed by atoms with Gasteiger partial charge in [0.15, 0.2) is 0 Å². The summed E-state index contributed by atoms with van der Waals surface area (Å²) < 4.78 is 0. The Labute approximate surface area is 379 Å². The van der Waals surface area contributed by atoms with Gasteiger partial charge in [-0.05, 0) is 54.0 Å². The number of halogens is 1. The summed E-state index contributed by atoms with van der Waals surface area (Å²) in [5, 5.41) is 0.718. The molecule has 0 aliphatic carbocycles. The summed E-state index contributed by atoms with van der Waals surface area (Å²) >= 11 is 15.7. The van der Waals surface area contributed by atoms with Crippen molar-refractivity contribution in [1.29, 1.82) is 0 Å². The van der Waals surface area contributed by atoms with Crippen LogP contribution in [0.5, 0.6) is 0 Å². The molecule has 2 aromatic rings. The number of rotatable bonds is 5. The van der Waals surface area contributed by atoms with Gasteiger partial charge in [0.25, 0.3) is 0 Å². The molecule has 4 rings (SSSR count). The van der Waals surface area contributed by atoms with E-state index < -0.39 is 0 Å². The summed E-state index contributed by atoms with van der Waals surface area (Å²) in [6, 6.07) is 14.2. The van der Waals surface area contributed by atoms with Gasteiger partial charge < -0.3 is 9.80 Å². The summed E-state index contributed by atoms with van der Waals surface area (Å²) in [4.78, 5) is 36.5. The quantitative estimate of drug-likeness (QED) is 0.422. The molecule has 2 aliphatic heterocycles. The highest BCUT2D eigenvalue weighted by Crippen LogP contribution is 2.35. The molecule has 2 aliphatic rings. The summed E-state index contributed by atoms with van der Waals surface area (Å²) in [6.07, 6.45) is 4.23. The minimum absolute atomic E-state index is 0.00137. The van der Waals surface area contributed by atoms with E-state index in [0.717, 1.165) is 55.3 Å². The molecular weight excluding hydrogens is 1050 g/mol. The molecule has 2 saturated heterocycles. The highest BCUT2D eigenvalue weighted by molar-refractivity contribution is 8.77. The monoisotopic (exact) mass is 1090 g/mol. The predicted molar refractivity (Wildman–Crippen MR) is 276 cm³/mol. The van der Waals surface area contributed by atoms with Gasteiger partial charge in [-0.3, -0.25) is 19.5 Å². The molecule has 0 spiro atoms. The zero-order valence-corrected chi connectivity index (χ0v) is 44.8. The van der Waals surface area contributed by atoms with Crippen LogP contribution in [0.2, 0.25) is 5.02 Å². The largest absolute Gasteiger partial charge is 0.343 e. The molecule has 54 heavy (non-hydrogen) atoms. The van der Waals surface area contributed by atoms with E-state index in [9.17, 15) is 9.59 Å². The van der Waals surface area contributed by atoms with Gasteiger partial charge in [0.05, 0.1) is 11.7 Å². The van der Waals surface area contributed by atoms with Crippen LogP contribution < -0.4 is 0 Å².